The summed E-state index contributed by atoms with van der Waals surface area (Å²) in [6, 6.07) is 0. The van der Waals surface area contributed by atoms with Gasteiger partial charge < -0.3 is 10.2 Å². The minimum atomic E-state index is -1.03. The van der Waals surface area contributed by atoms with E-state index in [0.717, 1.165) is 0 Å². The summed E-state index contributed by atoms with van der Waals surface area (Å²) in [5, 5.41) is 16.8. The first-order valence-corrected chi connectivity index (χ1v) is 3.72. The molecular weight excluding hydrogens is 160 g/mol. The highest BCUT2D eigenvalue weighted by atomic mass is 16.4. The number of allylic oxidation sites excluding steroid dienone is 1. The summed E-state index contributed by atoms with van der Waals surface area (Å²) in [7, 11) is 0. The zero-order valence-electron chi connectivity index (χ0n) is 6.91. The van der Waals surface area contributed by atoms with Crippen LogP contribution in [0.1, 0.15) is 26.2 Å². The Labute approximate surface area is 70.5 Å². The predicted molar refractivity (Wildman–Crippen MR) is 42.9 cm³/mol. The average molecular weight is 172 g/mol. The quantitative estimate of drug-likeness (QED) is 0.612. The summed E-state index contributed by atoms with van der Waals surface area (Å²) in [6.45, 7) is 1.81. The van der Waals surface area contributed by atoms with Gasteiger partial charge in [-0.3, -0.25) is 4.79 Å². The fourth-order valence-corrected chi connectivity index (χ4v) is 0.784. The van der Waals surface area contributed by atoms with Crippen LogP contribution in [0.5, 0.6) is 0 Å². The van der Waals surface area contributed by atoms with Gasteiger partial charge in [0.1, 0.15) is 0 Å². The number of aliphatic carboxylic acids is 2. The fourth-order valence-electron chi connectivity index (χ4n) is 0.784. The highest BCUT2D eigenvalue weighted by Gasteiger charge is 2.07. The van der Waals surface area contributed by atoms with Crippen molar-refractivity contribution in [2.24, 2.45) is 0 Å². The van der Waals surface area contributed by atoms with Gasteiger partial charge in [-0.2, -0.15) is 0 Å². The largest absolute Gasteiger partial charge is 0.481 e. The lowest BCUT2D eigenvalue weighted by Gasteiger charge is -1.97. The Morgan fingerprint density at radius 1 is 1.25 bits per heavy atom. The van der Waals surface area contributed by atoms with E-state index in [9.17, 15) is 9.59 Å². The molecule has 0 saturated heterocycles. The third kappa shape index (κ3) is 4.49. The molecule has 0 spiro atoms. The maximum absolute atomic E-state index is 10.4. The first kappa shape index (κ1) is 10.7. The highest BCUT2D eigenvalue weighted by Crippen LogP contribution is 2.06. The molecule has 0 amide bonds. The predicted octanol–water partition coefficient (Wildman–Crippen LogP) is 1.27. The molecule has 0 aromatic carbocycles. The number of carboxylic acids is 2. The second kappa shape index (κ2) is 5.35. The van der Waals surface area contributed by atoms with Crippen LogP contribution in [-0.2, 0) is 9.59 Å². The van der Waals surface area contributed by atoms with Gasteiger partial charge in [-0.05, 0) is 12.8 Å². The van der Waals surface area contributed by atoms with E-state index in [-0.39, 0.29) is 18.4 Å². The molecule has 0 atom stereocenters. The monoisotopic (exact) mass is 172 g/mol. The van der Waals surface area contributed by atoms with Crippen LogP contribution in [0.25, 0.3) is 0 Å². The molecule has 2 N–H and O–H groups in total. The van der Waals surface area contributed by atoms with Crippen LogP contribution in [0.2, 0.25) is 0 Å². The maximum Gasteiger partial charge on any atom is 0.331 e. The number of carboxylic acid groups (broad SMARTS) is 2. The minimum Gasteiger partial charge on any atom is -0.481 e. The van der Waals surface area contributed by atoms with Crippen molar-refractivity contribution >= 4 is 11.9 Å². The van der Waals surface area contributed by atoms with Crippen molar-refractivity contribution in [2.45, 2.75) is 26.2 Å². The van der Waals surface area contributed by atoms with Gasteiger partial charge in [0.25, 0.3) is 0 Å². The second-order valence-electron chi connectivity index (χ2n) is 2.34. The molecule has 0 aromatic rings. The fraction of sp³-hybridized carbons (Fsp3) is 0.500. The molecular formula is C8H12O4. The van der Waals surface area contributed by atoms with E-state index >= 15 is 0 Å². The number of rotatable bonds is 5. The third-order valence-corrected chi connectivity index (χ3v) is 1.33. The Morgan fingerprint density at radius 3 is 2.17 bits per heavy atom. The molecule has 4 nitrogen and oxygen atoms in total. The first-order valence-electron chi connectivity index (χ1n) is 3.72. The van der Waals surface area contributed by atoms with E-state index in [2.05, 4.69) is 0 Å². The van der Waals surface area contributed by atoms with Crippen molar-refractivity contribution < 1.29 is 19.8 Å². The van der Waals surface area contributed by atoms with Crippen LogP contribution >= 0.6 is 0 Å². The lowest BCUT2D eigenvalue weighted by molar-refractivity contribution is -0.137. The van der Waals surface area contributed by atoms with E-state index < -0.39 is 11.9 Å². The number of hydrogen-bond donors (Lipinski definition) is 2. The summed E-state index contributed by atoms with van der Waals surface area (Å²) < 4.78 is 0. The van der Waals surface area contributed by atoms with Gasteiger partial charge in [-0.1, -0.05) is 13.0 Å². The molecule has 0 saturated carbocycles. The summed E-state index contributed by atoms with van der Waals surface area (Å²) in [6.07, 6.45) is 2.11. The summed E-state index contributed by atoms with van der Waals surface area (Å²) in [5.74, 6) is -2.00. The zero-order chi connectivity index (χ0) is 9.56. The van der Waals surface area contributed by atoms with E-state index in [1.54, 1.807) is 0 Å². The van der Waals surface area contributed by atoms with Gasteiger partial charge in [0.05, 0.1) is 0 Å². The van der Waals surface area contributed by atoms with E-state index in [0.29, 0.717) is 6.42 Å². The molecule has 0 aliphatic rings. The highest BCUT2D eigenvalue weighted by molar-refractivity contribution is 5.87. The Hall–Kier alpha value is -1.32. The number of hydrogen-bond acceptors (Lipinski definition) is 2. The van der Waals surface area contributed by atoms with Crippen LogP contribution < -0.4 is 0 Å². The maximum atomic E-state index is 10.4. The molecule has 0 radical (unpaired) electrons. The van der Waals surface area contributed by atoms with E-state index in [1.165, 1.54) is 6.08 Å². The van der Waals surface area contributed by atoms with Gasteiger partial charge in [-0.15, -0.1) is 0 Å². The SMILES string of the molecule is CCC=C(CCC(=O)O)C(=O)O. The van der Waals surface area contributed by atoms with Gasteiger partial charge in [-0.25, -0.2) is 4.79 Å². The molecule has 0 aromatic heterocycles. The third-order valence-electron chi connectivity index (χ3n) is 1.33. The molecule has 4 heteroatoms. The number of carbonyl (C=O) groups is 2. The smallest absolute Gasteiger partial charge is 0.331 e. The zero-order valence-corrected chi connectivity index (χ0v) is 6.91. The van der Waals surface area contributed by atoms with Gasteiger partial charge >= 0.3 is 11.9 Å². The topological polar surface area (TPSA) is 74.6 Å². The standard InChI is InChI=1S/C8H12O4/c1-2-3-6(8(11)12)4-5-7(9)10/h3H,2,4-5H2,1H3,(H,9,10)(H,11,12). The van der Waals surface area contributed by atoms with Crippen molar-refractivity contribution in [3.05, 3.63) is 11.6 Å². The van der Waals surface area contributed by atoms with E-state index in [4.69, 9.17) is 10.2 Å². The molecule has 0 aliphatic heterocycles. The van der Waals surface area contributed by atoms with E-state index in [1.807, 2.05) is 6.92 Å². The van der Waals surface area contributed by atoms with Gasteiger partial charge in [0.2, 0.25) is 0 Å². The van der Waals surface area contributed by atoms with Crippen LogP contribution in [0.4, 0.5) is 0 Å². The minimum absolute atomic E-state index is 0.0957. The summed E-state index contributed by atoms with van der Waals surface area (Å²) in [4.78, 5) is 20.6. The van der Waals surface area contributed by atoms with Crippen LogP contribution in [0.15, 0.2) is 11.6 Å². The Balaban J connectivity index is 4.06. The lowest BCUT2D eigenvalue weighted by Crippen LogP contribution is -2.03. The Bertz CT molecular complexity index is 205. The average Bonchev–Trinajstić information content (AvgIpc) is 1.96. The molecule has 0 bridgehead atoms. The van der Waals surface area contributed by atoms with Crippen molar-refractivity contribution in [1.29, 1.82) is 0 Å². The molecule has 0 aliphatic carbocycles. The van der Waals surface area contributed by atoms with Crippen LogP contribution in [0, 0.1) is 0 Å². The van der Waals surface area contributed by atoms with Crippen molar-refractivity contribution in [3.63, 3.8) is 0 Å². The lowest BCUT2D eigenvalue weighted by atomic mass is 10.1. The van der Waals surface area contributed by atoms with Crippen molar-refractivity contribution in [2.75, 3.05) is 0 Å². The van der Waals surface area contributed by atoms with Crippen LogP contribution in [-0.4, -0.2) is 22.2 Å². The Kier molecular flexibility index (Phi) is 4.76. The Morgan fingerprint density at radius 2 is 1.83 bits per heavy atom. The first-order chi connectivity index (χ1) is 5.57. The summed E-state index contributed by atoms with van der Waals surface area (Å²) >= 11 is 0. The van der Waals surface area contributed by atoms with Gasteiger partial charge in [0, 0.05) is 12.0 Å². The molecule has 68 valence electrons. The summed E-state index contributed by atoms with van der Waals surface area (Å²) in [5.41, 5.74) is 0.180. The second-order valence-corrected chi connectivity index (χ2v) is 2.34. The molecule has 12 heavy (non-hydrogen) atoms. The van der Waals surface area contributed by atoms with Crippen LogP contribution in [0.3, 0.4) is 0 Å². The molecule has 0 heterocycles. The van der Waals surface area contributed by atoms with Crippen molar-refractivity contribution in [3.8, 4) is 0 Å². The molecule has 0 fully saturated rings. The molecule has 0 rings (SSSR count). The van der Waals surface area contributed by atoms with Gasteiger partial charge in [0.15, 0.2) is 0 Å². The van der Waals surface area contributed by atoms with Crippen molar-refractivity contribution in [1.82, 2.24) is 0 Å². The normalized spacial score (nSPS) is 11.2. The molecule has 0 unspecified atom stereocenters.